The van der Waals surface area contributed by atoms with Crippen molar-refractivity contribution in [2.24, 2.45) is 11.7 Å². The van der Waals surface area contributed by atoms with E-state index in [1.807, 2.05) is 0 Å². The first-order valence-electron chi connectivity index (χ1n) is 7.12. The van der Waals surface area contributed by atoms with E-state index in [0.717, 1.165) is 25.3 Å². The zero-order valence-electron chi connectivity index (χ0n) is 12.9. The highest BCUT2D eigenvalue weighted by molar-refractivity contribution is 5.58. The SMILES string of the molecule is COc1cc(C)c(NCCC(C)CN)cc1C(C)C. The van der Waals surface area contributed by atoms with Gasteiger partial charge < -0.3 is 15.8 Å². The Labute approximate surface area is 117 Å². The topological polar surface area (TPSA) is 47.3 Å². The van der Waals surface area contributed by atoms with E-state index < -0.39 is 0 Å². The van der Waals surface area contributed by atoms with Crippen molar-refractivity contribution in [3.63, 3.8) is 0 Å². The van der Waals surface area contributed by atoms with Crippen LogP contribution in [0.25, 0.3) is 0 Å². The summed E-state index contributed by atoms with van der Waals surface area (Å²) in [6, 6.07) is 4.33. The van der Waals surface area contributed by atoms with Crippen LogP contribution in [-0.2, 0) is 0 Å². The summed E-state index contributed by atoms with van der Waals surface area (Å²) >= 11 is 0. The second-order valence-electron chi connectivity index (χ2n) is 5.62. The van der Waals surface area contributed by atoms with Crippen LogP contribution in [-0.4, -0.2) is 20.2 Å². The maximum Gasteiger partial charge on any atom is 0.122 e. The van der Waals surface area contributed by atoms with E-state index in [4.69, 9.17) is 10.5 Å². The van der Waals surface area contributed by atoms with E-state index in [-0.39, 0.29) is 0 Å². The van der Waals surface area contributed by atoms with Gasteiger partial charge in [0.25, 0.3) is 0 Å². The van der Waals surface area contributed by atoms with Crippen LogP contribution in [0.2, 0.25) is 0 Å². The van der Waals surface area contributed by atoms with Crippen LogP contribution in [0.1, 0.15) is 44.2 Å². The molecule has 3 N–H and O–H groups in total. The lowest BCUT2D eigenvalue weighted by Gasteiger charge is -2.18. The fraction of sp³-hybridized carbons (Fsp3) is 0.625. The summed E-state index contributed by atoms with van der Waals surface area (Å²) in [6.07, 6.45) is 1.10. The van der Waals surface area contributed by atoms with E-state index >= 15 is 0 Å². The molecule has 0 radical (unpaired) electrons. The molecule has 0 aliphatic heterocycles. The van der Waals surface area contributed by atoms with Gasteiger partial charge in [-0.05, 0) is 55.0 Å². The third-order valence-electron chi connectivity index (χ3n) is 3.55. The maximum atomic E-state index is 5.64. The van der Waals surface area contributed by atoms with Gasteiger partial charge in [0.1, 0.15) is 5.75 Å². The second kappa shape index (κ2) is 7.39. The summed E-state index contributed by atoms with van der Waals surface area (Å²) in [5, 5.41) is 3.51. The first-order valence-corrected chi connectivity index (χ1v) is 7.12. The van der Waals surface area contributed by atoms with Gasteiger partial charge in [-0.15, -0.1) is 0 Å². The predicted molar refractivity (Wildman–Crippen MR) is 83.1 cm³/mol. The van der Waals surface area contributed by atoms with Crippen molar-refractivity contribution < 1.29 is 4.74 Å². The molecule has 1 atom stereocenters. The van der Waals surface area contributed by atoms with E-state index in [2.05, 4.69) is 45.1 Å². The van der Waals surface area contributed by atoms with Crippen molar-refractivity contribution >= 4 is 5.69 Å². The van der Waals surface area contributed by atoms with Gasteiger partial charge in [-0.25, -0.2) is 0 Å². The Hall–Kier alpha value is -1.22. The summed E-state index contributed by atoms with van der Waals surface area (Å²) in [7, 11) is 1.73. The number of aryl methyl sites for hydroxylation is 1. The molecular weight excluding hydrogens is 236 g/mol. The average Bonchev–Trinajstić information content (AvgIpc) is 2.39. The molecule has 1 aromatic carbocycles. The first-order chi connectivity index (χ1) is 8.99. The zero-order chi connectivity index (χ0) is 14.4. The molecule has 0 amide bonds. The minimum absolute atomic E-state index is 0.457. The van der Waals surface area contributed by atoms with Crippen LogP contribution in [0, 0.1) is 12.8 Å². The Morgan fingerprint density at radius 1 is 1.26 bits per heavy atom. The third kappa shape index (κ3) is 4.43. The summed E-state index contributed by atoms with van der Waals surface area (Å²) in [4.78, 5) is 0. The molecule has 0 saturated heterocycles. The van der Waals surface area contributed by atoms with Gasteiger partial charge in [-0.2, -0.15) is 0 Å². The molecule has 3 nitrogen and oxygen atoms in total. The Balaban J connectivity index is 2.80. The number of hydrogen-bond donors (Lipinski definition) is 2. The van der Waals surface area contributed by atoms with Gasteiger partial charge >= 0.3 is 0 Å². The molecule has 0 spiro atoms. The van der Waals surface area contributed by atoms with Gasteiger partial charge in [-0.3, -0.25) is 0 Å². The number of anilines is 1. The van der Waals surface area contributed by atoms with E-state index in [9.17, 15) is 0 Å². The fourth-order valence-electron chi connectivity index (χ4n) is 2.09. The Kier molecular flexibility index (Phi) is 6.16. The Morgan fingerprint density at radius 3 is 2.47 bits per heavy atom. The Bertz CT molecular complexity index is 402. The maximum absolute atomic E-state index is 5.64. The molecule has 3 heteroatoms. The van der Waals surface area contributed by atoms with Crippen molar-refractivity contribution in [3.8, 4) is 5.75 Å². The van der Waals surface area contributed by atoms with E-state index in [1.54, 1.807) is 7.11 Å². The highest BCUT2D eigenvalue weighted by Crippen LogP contribution is 2.31. The molecule has 0 fully saturated rings. The van der Waals surface area contributed by atoms with Gasteiger partial charge in [0, 0.05) is 12.2 Å². The summed E-state index contributed by atoms with van der Waals surface area (Å²) < 4.78 is 5.46. The van der Waals surface area contributed by atoms with Crippen LogP contribution in [0.15, 0.2) is 12.1 Å². The molecule has 0 saturated carbocycles. The number of methoxy groups -OCH3 is 1. The molecule has 0 aliphatic rings. The normalized spacial score (nSPS) is 12.6. The van der Waals surface area contributed by atoms with Gasteiger partial charge in [0.2, 0.25) is 0 Å². The van der Waals surface area contributed by atoms with Crippen molar-refractivity contribution in [3.05, 3.63) is 23.3 Å². The molecule has 108 valence electrons. The molecule has 0 bridgehead atoms. The summed E-state index contributed by atoms with van der Waals surface area (Å²) in [6.45, 7) is 10.4. The van der Waals surface area contributed by atoms with E-state index in [1.165, 1.54) is 16.8 Å². The second-order valence-corrected chi connectivity index (χ2v) is 5.62. The quantitative estimate of drug-likeness (QED) is 0.792. The molecule has 1 rings (SSSR count). The van der Waals surface area contributed by atoms with Crippen LogP contribution < -0.4 is 15.8 Å². The number of ether oxygens (including phenoxy) is 1. The van der Waals surface area contributed by atoms with Crippen molar-refractivity contribution in [1.82, 2.24) is 0 Å². The van der Waals surface area contributed by atoms with Crippen LogP contribution in [0.4, 0.5) is 5.69 Å². The number of benzene rings is 1. The molecule has 0 aliphatic carbocycles. The lowest BCUT2D eigenvalue weighted by atomic mass is 9.99. The summed E-state index contributed by atoms with van der Waals surface area (Å²) in [5.41, 5.74) is 9.32. The predicted octanol–water partition coefficient (Wildman–Crippen LogP) is 3.52. The monoisotopic (exact) mass is 264 g/mol. The fourth-order valence-corrected chi connectivity index (χ4v) is 2.09. The number of nitrogens with two attached hydrogens (primary N) is 1. The molecule has 1 aromatic rings. The zero-order valence-corrected chi connectivity index (χ0v) is 12.9. The highest BCUT2D eigenvalue weighted by Gasteiger charge is 2.11. The molecule has 1 unspecified atom stereocenters. The van der Waals surface area contributed by atoms with E-state index in [0.29, 0.717) is 11.8 Å². The number of nitrogens with one attached hydrogen (secondary N) is 1. The smallest absolute Gasteiger partial charge is 0.122 e. The third-order valence-corrected chi connectivity index (χ3v) is 3.55. The molecule has 0 heterocycles. The standard InChI is InChI=1S/C16H28N2O/c1-11(2)14-9-15(13(4)8-16(14)19-5)18-7-6-12(3)10-17/h8-9,11-12,18H,6-7,10,17H2,1-5H3. The lowest BCUT2D eigenvalue weighted by Crippen LogP contribution is -2.15. The minimum Gasteiger partial charge on any atom is -0.496 e. The largest absolute Gasteiger partial charge is 0.496 e. The van der Waals surface area contributed by atoms with Crippen molar-refractivity contribution in [2.45, 2.75) is 40.0 Å². The highest BCUT2D eigenvalue weighted by atomic mass is 16.5. The van der Waals surface area contributed by atoms with Gasteiger partial charge in [-0.1, -0.05) is 20.8 Å². The number of rotatable bonds is 7. The molecular formula is C16H28N2O. The number of hydrogen-bond acceptors (Lipinski definition) is 3. The van der Waals surface area contributed by atoms with Gasteiger partial charge in [0.05, 0.1) is 7.11 Å². The minimum atomic E-state index is 0.457. The van der Waals surface area contributed by atoms with Crippen molar-refractivity contribution in [1.29, 1.82) is 0 Å². The average molecular weight is 264 g/mol. The summed E-state index contributed by atoms with van der Waals surface area (Å²) in [5.74, 6) is 2.00. The molecule has 19 heavy (non-hydrogen) atoms. The van der Waals surface area contributed by atoms with Crippen LogP contribution in [0.3, 0.4) is 0 Å². The van der Waals surface area contributed by atoms with Crippen molar-refractivity contribution in [2.75, 3.05) is 25.5 Å². The lowest BCUT2D eigenvalue weighted by molar-refractivity contribution is 0.407. The molecule has 0 aromatic heterocycles. The van der Waals surface area contributed by atoms with Crippen LogP contribution in [0.5, 0.6) is 5.75 Å². The Morgan fingerprint density at radius 2 is 1.95 bits per heavy atom. The van der Waals surface area contributed by atoms with Crippen LogP contribution >= 0.6 is 0 Å². The first kappa shape index (κ1) is 15.8. The van der Waals surface area contributed by atoms with Gasteiger partial charge in [0.15, 0.2) is 0 Å².